The highest BCUT2D eigenvalue weighted by atomic mass is 16.5. The van der Waals surface area contributed by atoms with Gasteiger partial charge in [0, 0.05) is 20.2 Å². The van der Waals surface area contributed by atoms with Crippen LogP contribution in [0.25, 0.3) is 0 Å². The summed E-state index contributed by atoms with van der Waals surface area (Å²) in [7, 11) is 1.68. The summed E-state index contributed by atoms with van der Waals surface area (Å²) in [4.78, 5) is 11.3. The van der Waals surface area contributed by atoms with Crippen molar-refractivity contribution in [3.63, 3.8) is 0 Å². The number of hydrogen-bond donors (Lipinski definition) is 2. The number of rotatable bonds is 8. The van der Waals surface area contributed by atoms with Gasteiger partial charge in [-0.1, -0.05) is 12.1 Å². The van der Waals surface area contributed by atoms with Gasteiger partial charge in [-0.25, -0.2) is 0 Å². The molecule has 0 fully saturated rings. The molecule has 0 aliphatic carbocycles. The SMILES string of the molecule is COCCc1ccc(OCC(=O)NCCN)cc1. The molecule has 1 aromatic rings. The standard InChI is InChI=1S/C13H20N2O3/c1-17-9-6-11-2-4-12(5-3-11)18-10-13(16)15-8-7-14/h2-5H,6-10,14H2,1H3,(H,15,16). The molecule has 0 aliphatic rings. The van der Waals surface area contributed by atoms with E-state index < -0.39 is 0 Å². The van der Waals surface area contributed by atoms with Crippen molar-refractivity contribution in [2.75, 3.05) is 33.4 Å². The Morgan fingerprint density at radius 2 is 2.06 bits per heavy atom. The number of hydrogen-bond acceptors (Lipinski definition) is 4. The van der Waals surface area contributed by atoms with Crippen molar-refractivity contribution in [3.8, 4) is 5.75 Å². The molecule has 0 spiro atoms. The number of benzene rings is 1. The molecule has 0 saturated carbocycles. The smallest absolute Gasteiger partial charge is 0.257 e. The van der Waals surface area contributed by atoms with Crippen molar-refractivity contribution in [1.82, 2.24) is 5.32 Å². The van der Waals surface area contributed by atoms with E-state index in [1.807, 2.05) is 24.3 Å². The Hall–Kier alpha value is -1.59. The van der Waals surface area contributed by atoms with Crippen LogP contribution in [0.1, 0.15) is 5.56 Å². The van der Waals surface area contributed by atoms with Crippen LogP contribution in [0.15, 0.2) is 24.3 Å². The summed E-state index contributed by atoms with van der Waals surface area (Å²) < 4.78 is 10.3. The molecule has 1 aromatic carbocycles. The van der Waals surface area contributed by atoms with Crippen LogP contribution in [0.5, 0.6) is 5.75 Å². The van der Waals surface area contributed by atoms with Gasteiger partial charge in [-0.2, -0.15) is 0 Å². The summed E-state index contributed by atoms with van der Waals surface area (Å²) in [5.41, 5.74) is 6.45. The molecule has 5 heteroatoms. The first-order valence-electron chi connectivity index (χ1n) is 5.93. The highest BCUT2D eigenvalue weighted by Crippen LogP contribution is 2.12. The van der Waals surface area contributed by atoms with Crippen LogP contribution in [-0.4, -0.2) is 39.3 Å². The fourth-order valence-corrected chi connectivity index (χ4v) is 1.38. The zero-order chi connectivity index (χ0) is 13.2. The maximum atomic E-state index is 11.3. The molecular weight excluding hydrogens is 232 g/mol. The van der Waals surface area contributed by atoms with Crippen molar-refractivity contribution >= 4 is 5.91 Å². The van der Waals surface area contributed by atoms with E-state index in [0.29, 0.717) is 25.4 Å². The molecule has 0 saturated heterocycles. The lowest BCUT2D eigenvalue weighted by atomic mass is 10.1. The van der Waals surface area contributed by atoms with Crippen molar-refractivity contribution in [3.05, 3.63) is 29.8 Å². The Morgan fingerprint density at radius 1 is 1.33 bits per heavy atom. The van der Waals surface area contributed by atoms with Crippen molar-refractivity contribution < 1.29 is 14.3 Å². The fraction of sp³-hybridized carbons (Fsp3) is 0.462. The molecule has 0 heterocycles. The molecule has 3 N–H and O–H groups in total. The van der Waals surface area contributed by atoms with Crippen LogP contribution >= 0.6 is 0 Å². The summed E-state index contributed by atoms with van der Waals surface area (Å²) in [5.74, 6) is 0.517. The number of carbonyl (C=O) groups is 1. The topological polar surface area (TPSA) is 73.6 Å². The molecule has 18 heavy (non-hydrogen) atoms. The second-order valence-electron chi connectivity index (χ2n) is 3.81. The minimum absolute atomic E-state index is 0.0113. The largest absolute Gasteiger partial charge is 0.484 e. The van der Waals surface area contributed by atoms with E-state index >= 15 is 0 Å². The first-order chi connectivity index (χ1) is 8.76. The number of methoxy groups -OCH3 is 1. The summed E-state index contributed by atoms with van der Waals surface area (Å²) in [6.07, 6.45) is 0.869. The van der Waals surface area contributed by atoms with Crippen LogP contribution in [0, 0.1) is 0 Å². The monoisotopic (exact) mass is 252 g/mol. The number of nitrogens with one attached hydrogen (secondary N) is 1. The second-order valence-corrected chi connectivity index (χ2v) is 3.81. The molecule has 1 rings (SSSR count). The molecular formula is C13H20N2O3. The molecule has 1 amide bonds. The lowest BCUT2D eigenvalue weighted by Crippen LogP contribution is -2.32. The summed E-state index contributed by atoms with van der Waals surface area (Å²) in [6, 6.07) is 7.63. The van der Waals surface area contributed by atoms with Gasteiger partial charge in [0.1, 0.15) is 5.75 Å². The molecule has 0 unspecified atom stereocenters. The van der Waals surface area contributed by atoms with Crippen LogP contribution in [0.3, 0.4) is 0 Å². The van der Waals surface area contributed by atoms with E-state index in [4.69, 9.17) is 15.2 Å². The lowest BCUT2D eigenvalue weighted by molar-refractivity contribution is -0.123. The van der Waals surface area contributed by atoms with E-state index in [9.17, 15) is 4.79 Å². The van der Waals surface area contributed by atoms with Crippen molar-refractivity contribution in [2.45, 2.75) is 6.42 Å². The first kappa shape index (κ1) is 14.5. The summed E-state index contributed by atoms with van der Waals surface area (Å²) in [5, 5.41) is 2.64. The zero-order valence-corrected chi connectivity index (χ0v) is 10.6. The minimum Gasteiger partial charge on any atom is -0.484 e. The third-order valence-electron chi connectivity index (χ3n) is 2.35. The Bertz CT molecular complexity index is 352. The molecule has 0 aliphatic heterocycles. The predicted octanol–water partition coefficient (Wildman–Crippen LogP) is 0.329. The average molecular weight is 252 g/mol. The Morgan fingerprint density at radius 3 is 2.67 bits per heavy atom. The second kappa shape index (κ2) is 8.49. The molecule has 0 atom stereocenters. The van der Waals surface area contributed by atoms with Crippen molar-refractivity contribution in [2.24, 2.45) is 5.73 Å². The maximum absolute atomic E-state index is 11.3. The quantitative estimate of drug-likeness (QED) is 0.699. The Kier molecular flexibility index (Phi) is 6.83. The van der Waals surface area contributed by atoms with Gasteiger partial charge in [-0.3, -0.25) is 4.79 Å². The number of amides is 1. The van der Waals surface area contributed by atoms with Gasteiger partial charge in [-0.05, 0) is 24.1 Å². The van der Waals surface area contributed by atoms with Gasteiger partial charge in [0.2, 0.25) is 0 Å². The van der Waals surface area contributed by atoms with Crippen LogP contribution in [-0.2, 0) is 16.0 Å². The van der Waals surface area contributed by atoms with E-state index in [-0.39, 0.29) is 12.5 Å². The third kappa shape index (κ3) is 5.65. The first-order valence-corrected chi connectivity index (χ1v) is 5.93. The van der Waals surface area contributed by atoms with Gasteiger partial charge >= 0.3 is 0 Å². The minimum atomic E-state index is -0.163. The normalized spacial score (nSPS) is 10.1. The third-order valence-corrected chi connectivity index (χ3v) is 2.35. The molecule has 0 aromatic heterocycles. The van der Waals surface area contributed by atoms with E-state index in [1.54, 1.807) is 7.11 Å². The number of carbonyl (C=O) groups excluding carboxylic acids is 1. The molecule has 0 bridgehead atoms. The highest BCUT2D eigenvalue weighted by Gasteiger charge is 2.01. The van der Waals surface area contributed by atoms with Crippen LogP contribution in [0.2, 0.25) is 0 Å². The molecule has 5 nitrogen and oxygen atoms in total. The van der Waals surface area contributed by atoms with Gasteiger partial charge in [0.25, 0.3) is 5.91 Å². The molecule has 100 valence electrons. The van der Waals surface area contributed by atoms with Crippen LogP contribution in [0.4, 0.5) is 0 Å². The fourth-order valence-electron chi connectivity index (χ4n) is 1.38. The predicted molar refractivity (Wildman–Crippen MR) is 69.6 cm³/mol. The average Bonchev–Trinajstić information content (AvgIpc) is 2.41. The van der Waals surface area contributed by atoms with Crippen molar-refractivity contribution in [1.29, 1.82) is 0 Å². The highest BCUT2D eigenvalue weighted by molar-refractivity contribution is 5.77. The Balaban J connectivity index is 2.32. The van der Waals surface area contributed by atoms with Gasteiger partial charge < -0.3 is 20.5 Å². The van der Waals surface area contributed by atoms with E-state index in [2.05, 4.69) is 5.32 Å². The Labute approximate surface area is 107 Å². The van der Waals surface area contributed by atoms with Crippen LogP contribution < -0.4 is 15.8 Å². The lowest BCUT2D eigenvalue weighted by Gasteiger charge is -2.07. The van der Waals surface area contributed by atoms with E-state index in [0.717, 1.165) is 6.42 Å². The number of nitrogens with two attached hydrogens (primary N) is 1. The van der Waals surface area contributed by atoms with Gasteiger partial charge in [0.05, 0.1) is 6.61 Å². The maximum Gasteiger partial charge on any atom is 0.257 e. The summed E-state index contributed by atoms with van der Waals surface area (Å²) >= 11 is 0. The van der Waals surface area contributed by atoms with Gasteiger partial charge in [0.15, 0.2) is 6.61 Å². The van der Waals surface area contributed by atoms with Gasteiger partial charge in [-0.15, -0.1) is 0 Å². The number of ether oxygens (including phenoxy) is 2. The summed E-state index contributed by atoms with van der Waals surface area (Å²) in [6.45, 7) is 1.61. The zero-order valence-electron chi connectivity index (χ0n) is 10.6. The van der Waals surface area contributed by atoms with E-state index in [1.165, 1.54) is 5.56 Å². The molecule has 0 radical (unpaired) electrons.